The Hall–Kier alpha value is -2.38. The Balaban J connectivity index is 1.35. The van der Waals surface area contributed by atoms with E-state index in [-0.39, 0.29) is 5.91 Å². The number of piperazine rings is 1. The lowest BCUT2D eigenvalue weighted by molar-refractivity contribution is 0.0746. The van der Waals surface area contributed by atoms with E-state index in [1.807, 2.05) is 29.2 Å². The van der Waals surface area contributed by atoms with Crippen LogP contribution >= 0.6 is 11.6 Å². The predicted molar refractivity (Wildman–Crippen MR) is 105 cm³/mol. The van der Waals surface area contributed by atoms with Crippen LogP contribution in [0.15, 0.2) is 36.7 Å². The molecular weight excluding hydrogens is 366 g/mol. The zero-order chi connectivity index (χ0) is 18.6. The van der Waals surface area contributed by atoms with E-state index < -0.39 is 0 Å². The molecule has 1 aromatic carbocycles. The van der Waals surface area contributed by atoms with E-state index >= 15 is 0 Å². The highest BCUT2D eigenvalue weighted by Gasteiger charge is 2.23. The molecule has 142 valence electrons. The van der Waals surface area contributed by atoms with Crippen LogP contribution in [0.25, 0.3) is 0 Å². The molecule has 2 saturated heterocycles. The van der Waals surface area contributed by atoms with Crippen molar-refractivity contribution in [1.82, 2.24) is 14.9 Å². The smallest absolute Gasteiger partial charge is 0.257 e. The van der Waals surface area contributed by atoms with E-state index in [4.69, 9.17) is 16.3 Å². The van der Waals surface area contributed by atoms with Crippen molar-refractivity contribution in [3.05, 3.63) is 47.2 Å². The summed E-state index contributed by atoms with van der Waals surface area (Å²) in [5.74, 6) is 0.640. The zero-order valence-corrected chi connectivity index (χ0v) is 15.8. The van der Waals surface area contributed by atoms with E-state index in [0.29, 0.717) is 37.8 Å². The third-order valence-electron chi connectivity index (χ3n) is 4.94. The van der Waals surface area contributed by atoms with Gasteiger partial charge in [-0.15, -0.1) is 0 Å². The van der Waals surface area contributed by atoms with Crippen LogP contribution in [0.5, 0.6) is 0 Å². The molecule has 8 heteroatoms. The fourth-order valence-electron chi connectivity index (χ4n) is 3.36. The van der Waals surface area contributed by atoms with Gasteiger partial charge in [-0.3, -0.25) is 4.79 Å². The number of ether oxygens (including phenoxy) is 1. The van der Waals surface area contributed by atoms with Gasteiger partial charge in [0.2, 0.25) is 5.95 Å². The van der Waals surface area contributed by atoms with Gasteiger partial charge < -0.3 is 19.4 Å². The lowest BCUT2D eigenvalue weighted by atomic mass is 10.2. The maximum absolute atomic E-state index is 12.8. The summed E-state index contributed by atoms with van der Waals surface area (Å²) in [6, 6.07) is 7.81. The zero-order valence-electron chi connectivity index (χ0n) is 15.1. The Labute approximate surface area is 163 Å². The number of amides is 1. The molecule has 2 aliphatic heterocycles. The summed E-state index contributed by atoms with van der Waals surface area (Å²) in [6.45, 7) is 5.85. The van der Waals surface area contributed by atoms with Crippen LogP contribution in [-0.2, 0) is 4.74 Å². The molecule has 2 fully saturated rings. The van der Waals surface area contributed by atoms with Crippen molar-refractivity contribution in [2.45, 2.75) is 0 Å². The summed E-state index contributed by atoms with van der Waals surface area (Å²) in [6.07, 6.45) is 3.26. The number of morpholine rings is 1. The maximum Gasteiger partial charge on any atom is 0.257 e. The Kier molecular flexibility index (Phi) is 5.40. The topological polar surface area (TPSA) is 61.8 Å². The Morgan fingerprint density at radius 1 is 0.889 bits per heavy atom. The predicted octanol–water partition coefficient (Wildman–Crippen LogP) is 1.93. The molecule has 0 saturated carbocycles. The molecule has 0 aliphatic carbocycles. The van der Waals surface area contributed by atoms with Gasteiger partial charge in [0.15, 0.2) is 0 Å². The van der Waals surface area contributed by atoms with Crippen molar-refractivity contribution in [2.75, 3.05) is 62.3 Å². The highest BCUT2D eigenvalue weighted by atomic mass is 35.5. The van der Waals surface area contributed by atoms with E-state index in [1.165, 1.54) is 0 Å². The lowest BCUT2D eigenvalue weighted by Gasteiger charge is -2.36. The van der Waals surface area contributed by atoms with Gasteiger partial charge in [-0.05, 0) is 24.3 Å². The molecule has 4 rings (SSSR count). The molecule has 2 aromatic rings. The molecule has 3 heterocycles. The number of carbonyl (C=O) groups excluding carboxylic acids is 1. The van der Waals surface area contributed by atoms with Gasteiger partial charge in [-0.1, -0.05) is 11.6 Å². The fourth-order valence-corrected chi connectivity index (χ4v) is 3.49. The molecule has 2 aliphatic rings. The number of aromatic nitrogens is 2. The minimum absolute atomic E-state index is 0.0146. The number of anilines is 2. The van der Waals surface area contributed by atoms with Crippen LogP contribution in [0, 0.1) is 0 Å². The molecule has 0 bridgehead atoms. The standard InChI is InChI=1S/C19H22ClN5O2/c20-16-1-3-17(4-2-16)23-5-7-24(8-6-23)18(26)15-13-21-19(22-14-15)25-9-11-27-12-10-25/h1-4,13-14H,5-12H2. The second-order valence-electron chi connectivity index (χ2n) is 6.63. The summed E-state index contributed by atoms with van der Waals surface area (Å²) < 4.78 is 5.34. The van der Waals surface area contributed by atoms with Crippen LogP contribution in [0.3, 0.4) is 0 Å². The molecule has 0 spiro atoms. The van der Waals surface area contributed by atoms with Crippen LogP contribution in [-0.4, -0.2) is 73.3 Å². The van der Waals surface area contributed by atoms with Gasteiger partial charge in [-0.25, -0.2) is 9.97 Å². The SMILES string of the molecule is O=C(c1cnc(N2CCOCC2)nc1)N1CCN(c2ccc(Cl)cc2)CC1. The minimum Gasteiger partial charge on any atom is -0.378 e. The minimum atomic E-state index is -0.0146. The third kappa shape index (κ3) is 4.14. The Morgan fingerprint density at radius 3 is 2.15 bits per heavy atom. The first-order chi connectivity index (χ1) is 13.2. The summed E-state index contributed by atoms with van der Waals surface area (Å²) in [5.41, 5.74) is 1.66. The molecule has 0 atom stereocenters. The summed E-state index contributed by atoms with van der Waals surface area (Å²) >= 11 is 5.95. The van der Waals surface area contributed by atoms with E-state index in [1.54, 1.807) is 12.4 Å². The largest absolute Gasteiger partial charge is 0.378 e. The molecule has 0 unspecified atom stereocenters. The second-order valence-corrected chi connectivity index (χ2v) is 7.06. The molecule has 7 nitrogen and oxygen atoms in total. The number of hydrogen-bond acceptors (Lipinski definition) is 6. The number of hydrogen-bond donors (Lipinski definition) is 0. The molecule has 27 heavy (non-hydrogen) atoms. The Morgan fingerprint density at radius 2 is 1.52 bits per heavy atom. The molecule has 0 radical (unpaired) electrons. The molecule has 1 amide bonds. The first-order valence-electron chi connectivity index (χ1n) is 9.15. The van der Waals surface area contributed by atoms with Crippen molar-refractivity contribution in [3.63, 3.8) is 0 Å². The fraction of sp³-hybridized carbons (Fsp3) is 0.421. The van der Waals surface area contributed by atoms with Crippen molar-refractivity contribution >= 4 is 29.1 Å². The van der Waals surface area contributed by atoms with Crippen molar-refractivity contribution in [3.8, 4) is 0 Å². The number of halogens is 1. The molecule has 0 N–H and O–H groups in total. The van der Waals surface area contributed by atoms with Crippen LogP contribution in [0.4, 0.5) is 11.6 Å². The number of carbonyl (C=O) groups is 1. The highest BCUT2D eigenvalue weighted by molar-refractivity contribution is 6.30. The average molecular weight is 388 g/mol. The van der Waals surface area contributed by atoms with Crippen molar-refractivity contribution in [2.24, 2.45) is 0 Å². The quantitative estimate of drug-likeness (QED) is 0.802. The summed E-state index contributed by atoms with van der Waals surface area (Å²) in [5, 5.41) is 0.730. The molecular formula is C19H22ClN5O2. The monoisotopic (exact) mass is 387 g/mol. The molecule has 1 aromatic heterocycles. The summed E-state index contributed by atoms with van der Waals surface area (Å²) in [7, 11) is 0. The van der Waals surface area contributed by atoms with Crippen molar-refractivity contribution in [1.29, 1.82) is 0 Å². The third-order valence-corrected chi connectivity index (χ3v) is 5.19. The van der Waals surface area contributed by atoms with Crippen LogP contribution in [0.2, 0.25) is 5.02 Å². The van der Waals surface area contributed by atoms with Gasteiger partial charge >= 0.3 is 0 Å². The second kappa shape index (κ2) is 8.10. The first kappa shape index (κ1) is 18.0. The lowest BCUT2D eigenvalue weighted by Crippen LogP contribution is -2.48. The normalized spacial score (nSPS) is 17.9. The average Bonchev–Trinajstić information content (AvgIpc) is 2.75. The van der Waals surface area contributed by atoms with Gasteiger partial charge in [0, 0.05) is 62.4 Å². The van der Waals surface area contributed by atoms with E-state index in [9.17, 15) is 4.79 Å². The number of nitrogens with zero attached hydrogens (tertiary/aromatic N) is 5. The van der Waals surface area contributed by atoms with Gasteiger partial charge in [0.1, 0.15) is 0 Å². The van der Waals surface area contributed by atoms with E-state index in [0.717, 1.165) is 36.9 Å². The van der Waals surface area contributed by atoms with Crippen LogP contribution < -0.4 is 9.80 Å². The highest BCUT2D eigenvalue weighted by Crippen LogP contribution is 2.20. The first-order valence-corrected chi connectivity index (χ1v) is 9.53. The number of benzene rings is 1. The van der Waals surface area contributed by atoms with E-state index in [2.05, 4.69) is 19.8 Å². The summed E-state index contributed by atoms with van der Waals surface area (Å²) in [4.78, 5) is 27.7. The van der Waals surface area contributed by atoms with Gasteiger partial charge in [0.25, 0.3) is 5.91 Å². The van der Waals surface area contributed by atoms with Gasteiger partial charge in [0.05, 0.1) is 18.8 Å². The van der Waals surface area contributed by atoms with Crippen LogP contribution in [0.1, 0.15) is 10.4 Å². The van der Waals surface area contributed by atoms with Gasteiger partial charge in [-0.2, -0.15) is 0 Å². The van der Waals surface area contributed by atoms with Crippen molar-refractivity contribution < 1.29 is 9.53 Å². The number of rotatable bonds is 3. The Bertz CT molecular complexity index is 770. The maximum atomic E-state index is 12.8.